The number of hydrogen-bond donors (Lipinski definition) is 0. The van der Waals surface area contributed by atoms with Crippen LogP contribution >= 0.6 is 0 Å². The van der Waals surface area contributed by atoms with Crippen LogP contribution in [0.1, 0.15) is 32.6 Å². The van der Waals surface area contributed by atoms with Gasteiger partial charge in [0.25, 0.3) is 0 Å². The smallest absolute Gasteiger partial charge is 0.309 e. The van der Waals surface area contributed by atoms with Gasteiger partial charge in [-0.15, -0.1) is 0 Å². The topological polar surface area (TPSA) is 43.4 Å². The van der Waals surface area contributed by atoms with E-state index in [9.17, 15) is 14.0 Å². The van der Waals surface area contributed by atoms with Crippen molar-refractivity contribution in [3.05, 3.63) is 70.0 Å². The standard InChI is InChI=1S/C18H15FO3/c1-22-17(20)9-11-2-3-12-4-5-13-6-7-14(19)10-16(13)18(21)15(12)8-11/h2-3,6-8,10H,4-5,9H2,1H3. The van der Waals surface area contributed by atoms with Gasteiger partial charge >= 0.3 is 5.97 Å². The van der Waals surface area contributed by atoms with Crippen molar-refractivity contribution in [2.24, 2.45) is 0 Å². The monoisotopic (exact) mass is 298 g/mol. The molecule has 0 N–H and O–H groups in total. The number of carbonyl (C=O) groups excluding carboxylic acids is 2. The molecule has 0 aromatic heterocycles. The van der Waals surface area contributed by atoms with Crippen molar-refractivity contribution in [3.63, 3.8) is 0 Å². The van der Waals surface area contributed by atoms with E-state index in [1.807, 2.05) is 12.1 Å². The van der Waals surface area contributed by atoms with E-state index in [1.54, 1.807) is 12.1 Å². The number of carbonyl (C=O) groups is 2. The average Bonchev–Trinajstić information content (AvgIpc) is 2.65. The van der Waals surface area contributed by atoms with E-state index in [1.165, 1.54) is 19.2 Å². The minimum absolute atomic E-state index is 0.118. The summed E-state index contributed by atoms with van der Waals surface area (Å²) in [6.45, 7) is 0. The zero-order valence-electron chi connectivity index (χ0n) is 12.2. The third-order valence-corrected chi connectivity index (χ3v) is 3.98. The van der Waals surface area contributed by atoms with Crippen LogP contribution in [-0.2, 0) is 28.8 Å². The summed E-state index contributed by atoms with van der Waals surface area (Å²) < 4.78 is 18.1. The number of benzene rings is 2. The summed E-state index contributed by atoms with van der Waals surface area (Å²) in [4.78, 5) is 24.1. The van der Waals surface area contributed by atoms with E-state index in [-0.39, 0.29) is 18.2 Å². The van der Waals surface area contributed by atoms with Gasteiger partial charge in [-0.3, -0.25) is 9.59 Å². The number of fused-ring (bicyclic) bond motifs is 2. The summed E-state index contributed by atoms with van der Waals surface area (Å²) in [7, 11) is 1.33. The number of ketones is 1. The quantitative estimate of drug-likeness (QED) is 0.801. The van der Waals surface area contributed by atoms with Crippen LogP contribution in [-0.4, -0.2) is 18.9 Å². The summed E-state index contributed by atoms with van der Waals surface area (Å²) in [5.41, 5.74) is 3.46. The Labute approximate surface area is 127 Å². The third kappa shape index (κ3) is 2.64. The molecule has 0 saturated heterocycles. The average molecular weight is 298 g/mol. The van der Waals surface area contributed by atoms with Gasteiger partial charge in [0.1, 0.15) is 5.82 Å². The number of hydrogen-bond acceptors (Lipinski definition) is 3. The largest absolute Gasteiger partial charge is 0.469 e. The van der Waals surface area contributed by atoms with Crippen molar-refractivity contribution in [2.75, 3.05) is 7.11 Å². The van der Waals surface area contributed by atoms with Crippen LogP contribution < -0.4 is 0 Å². The Morgan fingerprint density at radius 1 is 1.09 bits per heavy atom. The fourth-order valence-electron chi connectivity index (χ4n) is 2.79. The minimum atomic E-state index is -0.415. The number of esters is 1. The van der Waals surface area contributed by atoms with Gasteiger partial charge in [-0.05, 0) is 47.7 Å². The molecule has 0 saturated carbocycles. The lowest BCUT2D eigenvalue weighted by Crippen LogP contribution is -2.08. The number of ether oxygens (including phenoxy) is 1. The predicted octanol–water partition coefficient (Wildman–Crippen LogP) is 2.87. The van der Waals surface area contributed by atoms with Crippen LogP contribution in [0.4, 0.5) is 4.39 Å². The highest BCUT2D eigenvalue weighted by atomic mass is 19.1. The summed E-state index contributed by atoms with van der Waals surface area (Å²) in [6.07, 6.45) is 1.54. The van der Waals surface area contributed by atoms with E-state index in [0.29, 0.717) is 17.5 Å². The van der Waals surface area contributed by atoms with Crippen molar-refractivity contribution in [2.45, 2.75) is 19.3 Å². The fourth-order valence-corrected chi connectivity index (χ4v) is 2.79. The first kappa shape index (κ1) is 14.4. The second-order valence-electron chi connectivity index (χ2n) is 5.38. The molecular weight excluding hydrogens is 283 g/mol. The van der Waals surface area contributed by atoms with Gasteiger partial charge in [-0.2, -0.15) is 0 Å². The number of rotatable bonds is 2. The number of aryl methyl sites for hydroxylation is 2. The molecule has 1 aliphatic rings. The van der Waals surface area contributed by atoms with E-state index in [4.69, 9.17) is 0 Å². The van der Waals surface area contributed by atoms with Gasteiger partial charge in [0.2, 0.25) is 0 Å². The van der Waals surface area contributed by atoms with Crippen LogP contribution in [0.25, 0.3) is 0 Å². The summed E-state index contributed by atoms with van der Waals surface area (Å²) in [5.74, 6) is -0.956. The Morgan fingerprint density at radius 2 is 1.73 bits per heavy atom. The molecule has 3 rings (SSSR count). The zero-order valence-corrected chi connectivity index (χ0v) is 12.2. The Hall–Kier alpha value is -2.49. The molecule has 0 fully saturated rings. The summed E-state index contributed by atoms with van der Waals surface area (Å²) in [6, 6.07) is 9.76. The Kier molecular flexibility index (Phi) is 3.75. The van der Waals surface area contributed by atoms with Gasteiger partial charge in [0.15, 0.2) is 5.78 Å². The number of halogens is 1. The molecule has 112 valence electrons. The van der Waals surface area contributed by atoms with Gasteiger partial charge < -0.3 is 4.74 Å². The molecule has 0 radical (unpaired) electrons. The van der Waals surface area contributed by atoms with E-state index < -0.39 is 5.82 Å². The van der Waals surface area contributed by atoms with Crippen LogP contribution in [0, 0.1) is 5.82 Å². The van der Waals surface area contributed by atoms with Gasteiger partial charge in [0, 0.05) is 11.1 Å². The maximum absolute atomic E-state index is 13.5. The fraction of sp³-hybridized carbons (Fsp3) is 0.222. The second kappa shape index (κ2) is 5.72. The maximum atomic E-state index is 13.5. The van der Waals surface area contributed by atoms with Gasteiger partial charge in [-0.25, -0.2) is 4.39 Å². The third-order valence-electron chi connectivity index (χ3n) is 3.98. The first-order chi connectivity index (χ1) is 10.6. The molecule has 0 aliphatic heterocycles. The lowest BCUT2D eigenvalue weighted by molar-refractivity contribution is -0.139. The molecule has 0 heterocycles. The van der Waals surface area contributed by atoms with Crippen molar-refractivity contribution in [1.29, 1.82) is 0 Å². The molecule has 2 aromatic carbocycles. The van der Waals surface area contributed by atoms with Crippen LogP contribution in [0.3, 0.4) is 0 Å². The Bertz CT molecular complexity index is 765. The highest BCUT2D eigenvalue weighted by molar-refractivity contribution is 6.11. The molecule has 0 atom stereocenters. The highest BCUT2D eigenvalue weighted by Gasteiger charge is 2.22. The van der Waals surface area contributed by atoms with Crippen molar-refractivity contribution >= 4 is 11.8 Å². The summed E-state index contributed by atoms with van der Waals surface area (Å²) >= 11 is 0. The molecular formula is C18H15FO3. The van der Waals surface area contributed by atoms with Crippen molar-refractivity contribution in [1.82, 2.24) is 0 Å². The van der Waals surface area contributed by atoms with E-state index >= 15 is 0 Å². The normalized spacial score (nSPS) is 13.1. The SMILES string of the molecule is COC(=O)Cc1ccc2c(c1)C(=O)c1cc(F)ccc1CC2. The molecule has 0 amide bonds. The van der Waals surface area contributed by atoms with E-state index in [2.05, 4.69) is 4.74 Å². The first-order valence-corrected chi connectivity index (χ1v) is 7.10. The lowest BCUT2D eigenvalue weighted by atomic mass is 9.96. The van der Waals surface area contributed by atoms with Crippen molar-refractivity contribution < 1.29 is 18.7 Å². The van der Waals surface area contributed by atoms with Crippen molar-refractivity contribution in [3.8, 4) is 0 Å². The van der Waals surface area contributed by atoms with Gasteiger partial charge in [0.05, 0.1) is 13.5 Å². The molecule has 4 heteroatoms. The molecule has 0 bridgehead atoms. The second-order valence-corrected chi connectivity index (χ2v) is 5.38. The molecule has 2 aromatic rings. The van der Waals surface area contributed by atoms with Crippen LogP contribution in [0.5, 0.6) is 0 Å². The van der Waals surface area contributed by atoms with Gasteiger partial charge in [-0.1, -0.05) is 18.2 Å². The number of methoxy groups -OCH3 is 1. The minimum Gasteiger partial charge on any atom is -0.469 e. The Balaban J connectivity index is 2.04. The predicted molar refractivity (Wildman–Crippen MR) is 79.4 cm³/mol. The zero-order chi connectivity index (χ0) is 15.7. The van der Waals surface area contributed by atoms with Crippen LogP contribution in [0.15, 0.2) is 36.4 Å². The molecule has 3 nitrogen and oxygen atoms in total. The Morgan fingerprint density at radius 3 is 2.41 bits per heavy atom. The highest BCUT2D eigenvalue weighted by Crippen LogP contribution is 2.26. The van der Waals surface area contributed by atoms with Crippen LogP contribution in [0.2, 0.25) is 0 Å². The van der Waals surface area contributed by atoms with E-state index in [0.717, 1.165) is 23.1 Å². The molecule has 0 spiro atoms. The maximum Gasteiger partial charge on any atom is 0.309 e. The molecule has 1 aliphatic carbocycles. The lowest BCUT2D eigenvalue weighted by Gasteiger charge is -2.08. The first-order valence-electron chi connectivity index (χ1n) is 7.10. The molecule has 0 unspecified atom stereocenters. The molecule has 22 heavy (non-hydrogen) atoms. The summed E-state index contributed by atoms with van der Waals surface area (Å²) in [5, 5.41) is 0.